The van der Waals surface area contributed by atoms with E-state index in [1.807, 2.05) is 18.2 Å². The molecule has 7 heteroatoms. The average Bonchev–Trinajstić information content (AvgIpc) is 3.08. The van der Waals surface area contributed by atoms with E-state index in [9.17, 15) is 18.0 Å². The second kappa shape index (κ2) is 8.57. The van der Waals surface area contributed by atoms with E-state index in [4.69, 9.17) is 0 Å². The Balaban J connectivity index is 1.97. The summed E-state index contributed by atoms with van der Waals surface area (Å²) in [5.74, 6) is 0.0802. The van der Waals surface area contributed by atoms with Crippen LogP contribution in [-0.2, 0) is 6.18 Å². The van der Waals surface area contributed by atoms with Crippen molar-refractivity contribution < 1.29 is 18.0 Å². The summed E-state index contributed by atoms with van der Waals surface area (Å²) < 4.78 is 40.6. The summed E-state index contributed by atoms with van der Waals surface area (Å²) in [5.41, 5.74) is 3.10. The van der Waals surface area contributed by atoms with E-state index >= 15 is 0 Å². The summed E-state index contributed by atoms with van der Waals surface area (Å²) in [7, 11) is 0. The Bertz CT molecular complexity index is 1070. The average molecular weight is 429 g/mol. The third-order valence-corrected chi connectivity index (χ3v) is 5.28. The van der Waals surface area contributed by atoms with Crippen molar-refractivity contribution in [2.75, 3.05) is 5.32 Å². The van der Waals surface area contributed by atoms with Crippen LogP contribution in [0.1, 0.15) is 72.3 Å². The molecule has 1 N–H and O–H groups in total. The molecule has 0 unspecified atom stereocenters. The van der Waals surface area contributed by atoms with E-state index in [1.165, 1.54) is 23.0 Å². The first kappa shape index (κ1) is 22.6. The number of anilines is 1. The second-order valence-electron chi connectivity index (χ2n) is 8.18. The molecule has 0 aliphatic rings. The minimum absolute atomic E-state index is 0.211. The highest BCUT2D eigenvalue weighted by atomic mass is 19.4. The van der Waals surface area contributed by atoms with E-state index in [0.29, 0.717) is 11.3 Å². The van der Waals surface area contributed by atoms with Crippen molar-refractivity contribution in [3.05, 3.63) is 76.6 Å². The minimum Gasteiger partial charge on any atom is -0.321 e. The Morgan fingerprint density at radius 3 is 2.13 bits per heavy atom. The van der Waals surface area contributed by atoms with E-state index in [2.05, 4.69) is 38.1 Å². The maximum atomic E-state index is 13.1. The number of hydrogen-bond acceptors (Lipinski definition) is 2. The van der Waals surface area contributed by atoms with Crippen LogP contribution in [0.4, 0.5) is 18.9 Å². The van der Waals surface area contributed by atoms with Gasteiger partial charge >= 0.3 is 6.18 Å². The number of para-hydroxylation sites is 1. The van der Waals surface area contributed by atoms with Gasteiger partial charge in [0.1, 0.15) is 0 Å². The first-order valence-electron chi connectivity index (χ1n) is 10.2. The van der Waals surface area contributed by atoms with E-state index in [1.54, 1.807) is 6.92 Å². The number of carbonyl (C=O) groups excluding carboxylic acids is 1. The van der Waals surface area contributed by atoms with Crippen molar-refractivity contribution in [2.45, 2.75) is 52.6 Å². The molecular formula is C24H26F3N3O. The van der Waals surface area contributed by atoms with Crippen molar-refractivity contribution in [2.24, 2.45) is 0 Å². The fourth-order valence-corrected chi connectivity index (χ4v) is 3.58. The van der Waals surface area contributed by atoms with Gasteiger partial charge < -0.3 is 5.32 Å². The number of alkyl halides is 3. The number of carbonyl (C=O) groups is 1. The van der Waals surface area contributed by atoms with Crippen LogP contribution >= 0.6 is 0 Å². The molecule has 0 spiro atoms. The van der Waals surface area contributed by atoms with Gasteiger partial charge in [-0.2, -0.15) is 18.3 Å². The van der Waals surface area contributed by atoms with Gasteiger partial charge in [-0.3, -0.25) is 4.79 Å². The van der Waals surface area contributed by atoms with Crippen molar-refractivity contribution in [3.63, 3.8) is 0 Å². The van der Waals surface area contributed by atoms with Gasteiger partial charge in [-0.15, -0.1) is 0 Å². The van der Waals surface area contributed by atoms with E-state index in [-0.39, 0.29) is 23.4 Å². The summed E-state index contributed by atoms with van der Waals surface area (Å²) in [6.45, 7) is 9.91. The number of halogens is 3. The molecule has 0 fully saturated rings. The molecule has 0 radical (unpaired) electrons. The number of nitrogens with one attached hydrogen (secondary N) is 1. The quantitative estimate of drug-likeness (QED) is 0.491. The summed E-state index contributed by atoms with van der Waals surface area (Å²) in [6, 6.07) is 10.8. The number of rotatable bonds is 5. The van der Waals surface area contributed by atoms with E-state index < -0.39 is 11.7 Å². The molecule has 1 amide bonds. The Kier molecular flexibility index (Phi) is 6.25. The third kappa shape index (κ3) is 4.65. The molecule has 4 nitrogen and oxygen atoms in total. The highest BCUT2D eigenvalue weighted by molar-refractivity contribution is 6.05. The van der Waals surface area contributed by atoms with Crippen molar-refractivity contribution in [1.29, 1.82) is 0 Å². The van der Waals surface area contributed by atoms with Crippen LogP contribution in [0, 0.1) is 6.92 Å². The molecule has 31 heavy (non-hydrogen) atoms. The van der Waals surface area contributed by atoms with Gasteiger partial charge in [0.15, 0.2) is 0 Å². The van der Waals surface area contributed by atoms with Crippen LogP contribution in [0.5, 0.6) is 0 Å². The lowest BCUT2D eigenvalue weighted by atomic mass is 9.92. The molecule has 3 aromatic rings. The van der Waals surface area contributed by atoms with Crippen molar-refractivity contribution in [1.82, 2.24) is 9.78 Å². The lowest BCUT2D eigenvalue weighted by Crippen LogP contribution is -2.17. The van der Waals surface area contributed by atoms with Gasteiger partial charge in [0, 0.05) is 5.69 Å². The molecule has 0 aliphatic heterocycles. The summed E-state index contributed by atoms with van der Waals surface area (Å²) in [6.07, 6.45) is -3.07. The normalized spacial score (nSPS) is 11.9. The molecule has 0 saturated carbocycles. The highest BCUT2D eigenvalue weighted by Gasteiger charge is 2.31. The maximum absolute atomic E-state index is 13.1. The predicted molar refractivity (Wildman–Crippen MR) is 116 cm³/mol. The number of nitrogens with zero attached hydrogens (tertiary/aromatic N) is 2. The van der Waals surface area contributed by atoms with Crippen molar-refractivity contribution >= 4 is 11.6 Å². The molecule has 3 rings (SSSR count). The van der Waals surface area contributed by atoms with Crippen LogP contribution in [0.2, 0.25) is 0 Å². The second-order valence-corrected chi connectivity index (χ2v) is 8.18. The fraction of sp³-hybridized carbons (Fsp3) is 0.333. The molecular weight excluding hydrogens is 403 g/mol. The van der Waals surface area contributed by atoms with Gasteiger partial charge in [-0.05, 0) is 48.1 Å². The van der Waals surface area contributed by atoms with Crippen LogP contribution in [0.25, 0.3) is 5.69 Å². The maximum Gasteiger partial charge on any atom is 0.416 e. The predicted octanol–water partition coefficient (Wildman–Crippen LogP) is 6.70. The first-order valence-corrected chi connectivity index (χ1v) is 10.2. The van der Waals surface area contributed by atoms with Gasteiger partial charge in [-0.25, -0.2) is 4.68 Å². The van der Waals surface area contributed by atoms with Gasteiger partial charge in [0.05, 0.1) is 28.7 Å². The van der Waals surface area contributed by atoms with Crippen molar-refractivity contribution in [3.8, 4) is 5.69 Å². The largest absolute Gasteiger partial charge is 0.416 e. The first-order chi connectivity index (χ1) is 14.5. The van der Waals surface area contributed by atoms with Gasteiger partial charge in [0.2, 0.25) is 0 Å². The standard InChI is InChI=1S/C24H26F3N3O/c1-14(2)19-10-7-11-20(15(3)4)22(19)29-23(31)21-13-28-30(16(21)5)18-9-6-8-17(12-18)24(25,26)27/h6-15H,1-5H3,(H,29,31). The smallest absolute Gasteiger partial charge is 0.321 e. The molecule has 164 valence electrons. The molecule has 0 bridgehead atoms. The molecule has 0 aliphatic carbocycles. The number of amides is 1. The Morgan fingerprint density at radius 2 is 1.58 bits per heavy atom. The van der Waals surface area contributed by atoms with Crippen LogP contribution < -0.4 is 5.32 Å². The van der Waals surface area contributed by atoms with Crippen LogP contribution in [-0.4, -0.2) is 15.7 Å². The summed E-state index contributed by atoms with van der Waals surface area (Å²) in [4.78, 5) is 13.1. The number of benzene rings is 2. The zero-order valence-corrected chi connectivity index (χ0v) is 18.2. The zero-order valence-electron chi connectivity index (χ0n) is 18.2. The highest BCUT2D eigenvalue weighted by Crippen LogP contribution is 2.33. The zero-order chi connectivity index (χ0) is 22.9. The van der Waals surface area contributed by atoms with Gasteiger partial charge in [-0.1, -0.05) is 52.0 Å². The summed E-state index contributed by atoms with van der Waals surface area (Å²) in [5, 5.41) is 7.20. The lowest BCUT2D eigenvalue weighted by molar-refractivity contribution is -0.137. The molecule has 1 aromatic heterocycles. The lowest BCUT2D eigenvalue weighted by Gasteiger charge is -2.20. The van der Waals surface area contributed by atoms with Crippen LogP contribution in [0.15, 0.2) is 48.7 Å². The monoisotopic (exact) mass is 429 g/mol. The minimum atomic E-state index is -4.45. The number of aromatic nitrogens is 2. The van der Waals surface area contributed by atoms with Gasteiger partial charge in [0.25, 0.3) is 5.91 Å². The SMILES string of the molecule is Cc1c(C(=O)Nc2c(C(C)C)cccc2C(C)C)cnn1-c1cccc(C(F)(F)F)c1. The Hall–Kier alpha value is -3.09. The molecule has 2 aromatic carbocycles. The molecule has 0 saturated heterocycles. The number of hydrogen-bond donors (Lipinski definition) is 1. The van der Waals surface area contributed by atoms with E-state index in [0.717, 1.165) is 28.9 Å². The third-order valence-electron chi connectivity index (χ3n) is 5.28. The topological polar surface area (TPSA) is 46.9 Å². The summed E-state index contributed by atoms with van der Waals surface area (Å²) >= 11 is 0. The Morgan fingerprint density at radius 1 is 1.00 bits per heavy atom. The van der Waals surface area contributed by atoms with Crippen LogP contribution in [0.3, 0.4) is 0 Å². The molecule has 1 heterocycles. The molecule has 0 atom stereocenters. The Labute approximate surface area is 180 Å². The fourth-order valence-electron chi connectivity index (χ4n) is 3.58.